The van der Waals surface area contributed by atoms with Crippen molar-refractivity contribution in [3.63, 3.8) is 0 Å². The van der Waals surface area contributed by atoms with Crippen molar-refractivity contribution in [1.29, 1.82) is 0 Å². The second-order valence-electron chi connectivity index (χ2n) is 6.26. The maximum atomic E-state index is 13.4. The maximum Gasteiger partial charge on any atom is 0.194 e. The van der Waals surface area contributed by atoms with E-state index in [9.17, 15) is 13.2 Å². The molecule has 3 rings (SSSR count). The number of aryl methyl sites for hydroxylation is 1. The van der Waals surface area contributed by atoms with Crippen LogP contribution in [0.2, 0.25) is 0 Å². The number of rotatable bonds is 2. The van der Waals surface area contributed by atoms with Gasteiger partial charge in [0.05, 0.1) is 0 Å². The van der Waals surface area contributed by atoms with Crippen molar-refractivity contribution in [2.45, 2.75) is 44.4 Å². The van der Waals surface area contributed by atoms with Crippen molar-refractivity contribution < 1.29 is 13.2 Å². The van der Waals surface area contributed by atoms with Gasteiger partial charge in [0.1, 0.15) is 0 Å². The second kappa shape index (κ2) is 6.15. The average molecular weight is 304 g/mol. The SMILES string of the molecule is Cc1ccc(C2CCC(c3cc(F)c(F)c(F)c3)CC2)cc1. The Balaban J connectivity index is 1.70. The molecule has 0 saturated heterocycles. The Morgan fingerprint density at radius 3 is 1.68 bits per heavy atom. The molecule has 1 fully saturated rings. The normalized spacial score (nSPS) is 21.8. The molecule has 1 aliphatic rings. The summed E-state index contributed by atoms with van der Waals surface area (Å²) in [5, 5.41) is 0. The lowest BCUT2D eigenvalue weighted by atomic mass is 9.76. The fourth-order valence-electron chi connectivity index (χ4n) is 3.41. The van der Waals surface area contributed by atoms with E-state index >= 15 is 0 Å². The van der Waals surface area contributed by atoms with Crippen LogP contribution in [-0.2, 0) is 0 Å². The summed E-state index contributed by atoms with van der Waals surface area (Å²) in [7, 11) is 0. The second-order valence-corrected chi connectivity index (χ2v) is 6.26. The lowest BCUT2D eigenvalue weighted by molar-refractivity contribution is 0.389. The Hall–Kier alpha value is -1.77. The van der Waals surface area contributed by atoms with Crippen LogP contribution in [0.25, 0.3) is 0 Å². The molecule has 0 aromatic heterocycles. The van der Waals surface area contributed by atoms with Crippen LogP contribution in [0.5, 0.6) is 0 Å². The highest BCUT2D eigenvalue weighted by molar-refractivity contribution is 5.27. The quantitative estimate of drug-likeness (QED) is 0.610. The van der Waals surface area contributed by atoms with E-state index in [1.807, 2.05) is 0 Å². The first-order valence-electron chi connectivity index (χ1n) is 7.75. The molecule has 116 valence electrons. The fraction of sp³-hybridized carbons (Fsp3) is 0.368. The van der Waals surface area contributed by atoms with Gasteiger partial charge in [-0.15, -0.1) is 0 Å². The molecule has 0 bridgehead atoms. The summed E-state index contributed by atoms with van der Waals surface area (Å²) in [5.74, 6) is -2.93. The van der Waals surface area contributed by atoms with E-state index in [-0.39, 0.29) is 5.92 Å². The lowest BCUT2D eigenvalue weighted by Gasteiger charge is -2.29. The zero-order chi connectivity index (χ0) is 15.7. The Bertz CT molecular complexity index is 630. The van der Waals surface area contributed by atoms with Crippen molar-refractivity contribution >= 4 is 0 Å². The highest BCUT2D eigenvalue weighted by Crippen LogP contribution is 2.40. The minimum absolute atomic E-state index is 0.117. The topological polar surface area (TPSA) is 0 Å². The predicted octanol–water partition coefficient (Wildman–Crippen LogP) is 5.85. The highest BCUT2D eigenvalue weighted by atomic mass is 19.2. The molecule has 0 amide bonds. The lowest BCUT2D eigenvalue weighted by Crippen LogP contribution is -2.13. The standard InChI is InChI=1S/C19H19F3/c1-12-2-4-13(5-3-12)14-6-8-15(9-7-14)16-10-17(20)19(22)18(21)11-16/h2-5,10-11,14-15H,6-9H2,1H3. The van der Waals surface area contributed by atoms with Gasteiger partial charge < -0.3 is 0 Å². The maximum absolute atomic E-state index is 13.4. The van der Waals surface area contributed by atoms with Gasteiger partial charge in [0.2, 0.25) is 0 Å². The molecule has 0 atom stereocenters. The molecule has 3 heteroatoms. The molecule has 0 nitrogen and oxygen atoms in total. The summed E-state index contributed by atoms with van der Waals surface area (Å²) in [6.07, 6.45) is 3.74. The van der Waals surface area contributed by atoms with Crippen LogP contribution in [-0.4, -0.2) is 0 Å². The number of halogens is 3. The molecule has 2 aromatic rings. The van der Waals surface area contributed by atoms with Gasteiger partial charge in [-0.1, -0.05) is 29.8 Å². The molecule has 1 saturated carbocycles. The van der Waals surface area contributed by atoms with Gasteiger partial charge in [0, 0.05) is 0 Å². The van der Waals surface area contributed by atoms with Gasteiger partial charge in [0.25, 0.3) is 0 Å². The summed E-state index contributed by atoms with van der Waals surface area (Å²) in [5.41, 5.74) is 3.16. The molecule has 0 N–H and O–H groups in total. The van der Waals surface area contributed by atoms with E-state index in [1.54, 1.807) is 0 Å². The van der Waals surface area contributed by atoms with E-state index in [4.69, 9.17) is 0 Å². The van der Waals surface area contributed by atoms with Crippen LogP contribution in [0, 0.1) is 24.4 Å². The summed E-state index contributed by atoms with van der Waals surface area (Å²) in [4.78, 5) is 0. The molecule has 0 radical (unpaired) electrons. The van der Waals surface area contributed by atoms with Gasteiger partial charge in [0.15, 0.2) is 17.5 Å². The van der Waals surface area contributed by atoms with Crippen LogP contribution >= 0.6 is 0 Å². The highest BCUT2D eigenvalue weighted by Gasteiger charge is 2.25. The molecule has 1 aliphatic carbocycles. The average Bonchev–Trinajstić information content (AvgIpc) is 2.53. The molecule has 0 unspecified atom stereocenters. The Kier molecular flexibility index (Phi) is 4.23. The number of hydrogen-bond donors (Lipinski definition) is 0. The molecular weight excluding hydrogens is 285 g/mol. The Labute approximate surface area is 129 Å². The third-order valence-electron chi connectivity index (χ3n) is 4.75. The van der Waals surface area contributed by atoms with E-state index < -0.39 is 17.5 Å². The Morgan fingerprint density at radius 1 is 0.727 bits per heavy atom. The van der Waals surface area contributed by atoms with E-state index in [0.29, 0.717) is 11.5 Å². The molecule has 22 heavy (non-hydrogen) atoms. The first-order chi connectivity index (χ1) is 10.5. The zero-order valence-electron chi connectivity index (χ0n) is 12.6. The number of hydrogen-bond acceptors (Lipinski definition) is 0. The van der Waals surface area contributed by atoms with E-state index in [0.717, 1.165) is 37.8 Å². The van der Waals surface area contributed by atoms with Crippen LogP contribution in [0.4, 0.5) is 13.2 Å². The molecular formula is C19H19F3. The van der Waals surface area contributed by atoms with E-state index in [2.05, 4.69) is 31.2 Å². The summed E-state index contributed by atoms with van der Waals surface area (Å²) < 4.78 is 39.8. The largest absolute Gasteiger partial charge is 0.204 e. The van der Waals surface area contributed by atoms with E-state index in [1.165, 1.54) is 11.1 Å². The van der Waals surface area contributed by atoms with Gasteiger partial charge >= 0.3 is 0 Å². The van der Waals surface area contributed by atoms with Crippen LogP contribution in [0.3, 0.4) is 0 Å². The fourth-order valence-corrected chi connectivity index (χ4v) is 3.41. The third kappa shape index (κ3) is 3.03. The number of benzene rings is 2. The van der Waals surface area contributed by atoms with Crippen molar-refractivity contribution in [3.05, 3.63) is 70.5 Å². The third-order valence-corrected chi connectivity index (χ3v) is 4.75. The minimum atomic E-state index is -1.38. The molecule has 0 heterocycles. The van der Waals surface area contributed by atoms with Crippen molar-refractivity contribution in [2.75, 3.05) is 0 Å². The van der Waals surface area contributed by atoms with Gasteiger partial charge in [-0.05, 0) is 67.7 Å². The summed E-state index contributed by atoms with van der Waals surface area (Å²) in [6.45, 7) is 2.07. The van der Waals surface area contributed by atoms with Crippen LogP contribution < -0.4 is 0 Å². The van der Waals surface area contributed by atoms with Crippen LogP contribution in [0.1, 0.15) is 54.2 Å². The first-order valence-corrected chi connectivity index (χ1v) is 7.75. The molecule has 0 spiro atoms. The predicted molar refractivity (Wildman–Crippen MR) is 81.4 cm³/mol. The van der Waals surface area contributed by atoms with Gasteiger partial charge in [-0.3, -0.25) is 0 Å². The minimum Gasteiger partial charge on any atom is -0.204 e. The monoisotopic (exact) mass is 304 g/mol. The van der Waals surface area contributed by atoms with Crippen molar-refractivity contribution in [1.82, 2.24) is 0 Å². The summed E-state index contributed by atoms with van der Waals surface area (Å²) in [6, 6.07) is 10.9. The Morgan fingerprint density at radius 2 is 1.18 bits per heavy atom. The van der Waals surface area contributed by atoms with Crippen molar-refractivity contribution in [3.8, 4) is 0 Å². The smallest absolute Gasteiger partial charge is 0.194 e. The first kappa shape index (κ1) is 15.1. The van der Waals surface area contributed by atoms with Gasteiger partial charge in [-0.25, -0.2) is 13.2 Å². The summed E-state index contributed by atoms with van der Waals surface area (Å²) >= 11 is 0. The van der Waals surface area contributed by atoms with Gasteiger partial charge in [-0.2, -0.15) is 0 Å². The molecule has 2 aromatic carbocycles. The van der Waals surface area contributed by atoms with Crippen molar-refractivity contribution in [2.24, 2.45) is 0 Å². The molecule has 0 aliphatic heterocycles. The zero-order valence-corrected chi connectivity index (χ0v) is 12.6. The van der Waals surface area contributed by atoms with Crippen LogP contribution in [0.15, 0.2) is 36.4 Å².